The second-order valence-electron chi connectivity index (χ2n) is 4.21. The Labute approximate surface area is 112 Å². The molecule has 5 heteroatoms. The molecular formula is C13H18ClNO3. The highest BCUT2D eigenvalue weighted by molar-refractivity contribution is 6.32. The van der Waals surface area contributed by atoms with E-state index in [-0.39, 0.29) is 6.04 Å². The van der Waals surface area contributed by atoms with Gasteiger partial charge in [-0.1, -0.05) is 31.0 Å². The van der Waals surface area contributed by atoms with Crippen LogP contribution in [-0.4, -0.2) is 17.2 Å². The number of aliphatic carboxylic acids is 1. The van der Waals surface area contributed by atoms with Crippen LogP contribution in [0, 0.1) is 0 Å². The molecule has 0 aliphatic heterocycles. The number of hydrogen-bond acceptors (Lipinski definition) is 3. The van der Waals surface area contributed by atoms with Crippen LogP contribution >= 0.6 is 11.6 Å². The average Bonchev–Trinajstić information content (AvgIpc) is 2.30. The number of ether oxygens (including phenoxy) is 1. The van der Waals surface area contributed by atoms with E-state index in [4.69, 9.17) is 27.2 Å². The van der Waals surface area contributed by atoms with Crippen molar-refractivity contribution >= 4 is 17.6 Å². The Balaban J connectivity index is 2.86. The van der Waals surface area contributed by atoms with E-state index in [1.54, 1.807) is 18.2 Å². The predicted molar refractivity (Wildman–Crippen MR) is 71.0 cm³/mol. The number of halogens is 1. The zero-order chi connectivity index (χ0) is 13.7. The van der Waals surface area contributed by atoms with Gasteiger partial charge in [0.05, 0.1) is 5.02 Å². The van der Waals surface area contributed by atoms with Gasteiger partial charge in [-0.25, -0.2) is 4.79 Å². The van der Waals surface area contributed by atoms with E-state index < -0.39 is 12.1 Å². The van der Waals surface area contributed by atoms with E-state index in [9.17, 15) is 4.79 Å². The zero-order valence-corrected chi connectivity index (χ0v) is 11.3. The molecule has 4 nitrogen and oxygen atoms in total. The van der Waals surface area contributed by atoms with Crippen molar-refractivity contribution < 1.29 is 14.6 Å². The Morgan fingerprint density at radius 2 is 2.22 bits per heavy atom. The first-order valence-corrected chi connectivity index (χ1v) is 6.28. The first kappa shape index (κ1) is 14.8. The number of benzene rings is 1. The van der Waals surface area contributed by atoms with Crippen molar-refractivity contribution in [3.63, 3.8) is 0 Å². The maximum absolute atomic E-state index is 11.0. The monoisotopic (exact) mass is 271 g/mol. The average molecular weight is 272 g/mol. The summed E-state index contributed by atoms with van der Waals surface area (Å²) in [6.07, 6.45) is 0.307. The summed E-state index contributed by atoms with van der Waals surface area (Å²) in [5.41, 5.74) is 6.62. The molecule has 0 aliphatic carbocycles. The minimum Gasteiger partial charge on any atom is -0.479 e. The zero-order valence-electron chi connectivity index (χ0n) is 10.5. The number of carbonyl (C=O) groups is 1. The molecule has 0 saturated heterocycles. The molecule has 0 spiro atoms. The van der Waals surface area contributed by atoms with Crippen LogP contribution in [0.15, 0.2) is 18.2 Å². The van der Waals surface area contributed by atoms with Gasteiger partial charge in [0.2, 0.25) is 0 Å². The molecule has 1 aromatic rings. The van der Waals surface area contributed by atoms with E-state index in [0.29, 0.717) is 17.2 Å². The predicted octanol–water partition coefficient (Wildman–Crippen LogP) is 2.99. The minimum atomic E-state index is -0.982. The van der Waals surface area contributed by atoms with E-state index in [1.165, 1.54) is 0 Å². The van der Waals surface area contributed by atoms with Crippen LogP contribution in [0.4, 0.5) is 0 Å². The normalized spacial score (nSPS) is 14.0. The number of hydrogen-bond donors (Lipinski definition) is 2. The fourth-order valence-corrected chi connectivity index (χ4v) is 1.78. The lowest BCUT2D eigenvalue weighted by Crippen LogP contribution is -2.26. The fourth-order valence-electron chi connectivity index (χ4n) is 1.54. The maximum Gasteiger partial charge on any atom is 0.344 e. The van der Waals surface area contributed by atoms with Gasteiger partial charge in [0.25, 0.3) is 0 Å². The van der Waals surface area contributed by atoms with Gasteiger partial charge in [-0.15, -0.1) is 0 Å². The van der Waals surface area contributed by atoms with Crippen LogP contribution in [0.2, 0.25) is 5.02 Å². The SMILES string of the molecule is CCCC(Oc1ccc(C(C)N)cc1Cl)C(=O)O. The lowest BCUT2D eigenvalue weighted by molar-refractivity contribution is -0.145. The van der Waals surface area contributed by atoms with Crippen LogP contribution < -0.4 is 10.5 Å². The quantitative estimate of drug-likeness (QED) is 0.834. The molecule has 1 aromatic carbocycles. The highest BCUT2D eigenvalue weighted by Gasteiger charge is 2.19. The van der Waals surface area contributed by atoms with Gasteiger partial charge in [-0.2, -0.15) is 0 Å². The van der Waals surface area contributed by atoms with Crippen molar-refractivity contribution in [2.75, 3.05) is 0 Å². The third kappa shape index (κ3) is 3.89. The summed E-state index contributed by atoms with van der Waals surface area (Å²) in [6, 6.07) is 5.03. The van der Waals surface area contributed by atoms with E-state index in [1.807, 2.05) is 13.8 Å². The van der Waals surface area contributed by atoms with Crippen LogP contribution in [0.1, 0.15) is 38.3 Å². The molecule has 2 atom stereocenters. The lowest BCUT2D eigenvalue weighted by Gasteiger charge is -2.16. The fraction of sp³-hybridized carbons (Fsp3) is 0.462. The first-order valence-electron chi connectivity index (χ1n) is 5.90. The molecular weight excluding hydrogens is 254 g/mol. The summed E-state index contributed by atoms with van der Waals surface area (Å²) in [5.74, 6) is -0.605. The molecule has 0 bridgehead atoms. The summed E-state index contributed by atoms with van der Waals surface area (Å²) in [5, 5.41) is 9.39. The summed E-state index contributed by atoms with van der Waals surface area (Å²) < 4.78 is 5.41. The Kier molecular flexibility index (Phi) is 5.44. The van der Waals surface area contributed by atoms with Crippen molar-refractivity contribution in [1.82, 2.24) is 0 Å². The largest absolute Gasteiger partial charge is 0.479 e. The third-order valence-corrected chi connectivity index (χ3v) is 2.87. The molecule has 0 radical (unpaired) electrons. The van der Waals surface area contributed by atoms with Crippen LogP contribution in [0.3, 0.4) is 0 Å². The second-order valence-corrected chi connectivity index (χ2v) is 4.62. The molecule has 0 aromatic heterocycles. The highest BCUT2D eigenvalue weighted by atomic mass is 35.5. The van der Waals surface area contributed by atoms with Gasteiger partial charge >= 0.3 is 5.97 Å². The number of nitrogens with two attached hydrogens (primary N) is 1. The smallest absolute Gasteiger partial charge is 0.344 e. The van der Waals surface area contributed by atoms with E-state index in [0.717, 1.165) is 12.0 Å². The topological polar surface area (TPSA) is 72.5 Å². The minimum absolute atomic E-state index is 0.123. The molecule has 0 amide bonds. The van der Waals surface area contributed by atoms with Crippen molar-refractivity contribution in [2.45, 2.75) is 38.8 Å². The van der Waals surface area contributed by atoms with Crippen LogP contribution in [0.5, 0.6) is 5.75 Å². The Bertz CT molecular complexity index is 421. The maximum atomic E-state index is 11.0. The molecule has 2 unspecified atom stereocenters. The van der Waals surface area contributed by atoms with Crippen molar-refractivity contribution in [3.05, 3.63) is 28.8 Å². The Morgan fingerprint density at radius 3 is 2.67 bits per heavy atom. The van der Waals surface area contributed by atoms with Gasteiger partial charge in [-0.3, -0.25) is 0 Å². The summed E-state index contributed by atoms with van der Waals surface area (Å²) >= 11 is 6.05. The van der Waals surface area contributed by atoms with Gasteiger partial charge in [0.15, 0.2) is 6.10 Å². The van der Waals surface area contributed by atoms with Crippen molar-refractivity contribution in [1.29, 1.82) is 0 Å². The van der Waals surface area contributed by atoms with Gasteiger partial charge in [0, 0.05) is 6.04 Å². The Morgan fingerprint density at radius 1 is 1.56 bits per heavy atom. The molecule has 0 heterocycles. The van der Waals surface area contributed by atoms with Crippen LogP contribution in [-0.2, 0) is 4.79 Å². The summed E-state index contributed by atoms with van der Waals surface area (Å²) in [6.45, 7) is 3.75. The molecule has 1 rings (SSSR count). The number of carboxylic acids is 1. The highest BCUT2D eigenvalue weighted by Crippen LogP contribution is 2.28. The molecule has 100 valence electrons. The van der Waals surface area contributed by atoms with E-state index >= 15 is 0 Å². The lowest BCUT2D eigenvalue weighted by atomic mass is 10.1. The summed E-state index contributed by atoms with van der Waals surface area (Å²) in [7, 11) is 0. The third-order valence-electron chi connectivity index (χ3n) is 2.58. The van der Waals surface area contributed by atoms with Gasteiger partial charge in [-0.05, 0) is 31.0 Å². The van der Waals surface area contributed by atoms with Crippen LogP contribution in [0.25, 0.3) is 0 Å². The molecule has 18 heavy (non-hydrogen) atoms. The molecule has 3 N–H and O–H groups in total. The second kappa shape index (κ2) is 6.61. The molecule has 0 fully saturated rings. The molecule has 0 saturated carbocycles. The number of carboxylic acid groups (broad SMARTS) is 1. The molecule has 0 aliphatic rings. The standard InChI is InChI=1S/C13H18ClNO3/c1-3-4-12(13(16)17)18-11-6-5-9(8(2)15)7-10(11)14/h5-8,12H,3-4,15H2,1-2H3,(H,16,17). The van der Waals surface area contributed by atoms with Gasteiger partial charge < -0.3 is 15.6 Å². The Hall–Kier alpha value is -1.26. The van der Waals surface area contributed by atoms with Crippen molar-refractivity contribution in [2.24, 2.45) is 5.73 Å². The van der Waals surface area contributed by atoms with Gasteiger partial charge in [0.1, 0.15) is 5.75 Å². The van der Waals surface area contributed by atoms with E-state index in [2.05, 4.69) is 0 Å². The van der Waals surface area contributed by atoms with Crippen molar-refractivity contribution in [3.8, 4) is 5.75 Å². The summed E-state index contributed by atoms with van der Waals surface area (Å²) in [4.78, 5) is 11.0. The number of rotatable bonds is 6. The first-order chi connectivity index (χ1) is 8.45.